The quantitative estimate of drug-likeness (QED) is 0.613. The Kier molecular flexibility index (Phi) is 3.72. The number of allylic oxidation sites excluding steroid dienone is 2. The van der Waals surface area contributed by atoms with Crippen molar-refractivity contribution in [2.45, 2.75) is 32.6 Å². The van der Waals surface area contributed by atoms with Crippen molar-refractivity contribution < 1.29 is 19.1 Å². The molecule has 3 aromatic rings. The van der Waals surface area contributed by atoms with Crippen LogP contribution in [0.1, 0.15) is 43.7 Å². The number of carbonyl (C=O) groups excluding carboxylic acids is 1. The van der Waals surface area contributed by atoms with Gasteiger partial charge < -0.3 is 14.3 Å². The maximum Gasteiger partial charge on any atom is 0.344 e. The Morgan fingerprint density at radius 3 is 2.62 bits per heavy atom. The second kappa shape index (κ2) is 6.08. The zero-order chi connectivity index (χ0) is 20.3. The van der Waals surface area contributed by atoms with Crippen LogP contribution in [0, 0.1) is 5.41 Å². The minimum atomic E-state index is -0.634. The summed E-state index contributed by atoms with van der Waals surface area (Å²) in [6.07, 6.45) is 0.968. The highest BCUT2D eigenvalue weighted by molar-refractivity contribution is 6.01. The average Bonchev–Trinajstić information content (AvgIpc) is 2.65. The number of rotatable bonds is 1. The van der Waals surface area contributed by atoms with E-state index in [4.69, 9.17) is 9.15 Å². The van der Waals surface area contributed by atoms with Gasteiger partial charge >= 0.3 is 5.63 Å². The largest absolute Gasteiger partial charge is 0.508 e. The highest BCUT2D eigenvalue weighted by Crippen LogP contribution is 2.50. The number of fused-ring (bicyclic) bond motifs is 3. The fourth-order valence-electron chi connectivity index (χ4n) is 4.49. The van der Waals surface area contributed by atoms with Crippen LogP contribution in [0.2, 0.25) is 0 Å². The van der Waals surface area contributed by atoms with Crippen LogP contribution in [-0.4, -0.2) is 10.9 Å². The predicted octanol–water partition coefficient (Wildman–Crippen LogP) is 4.67. The summed E-state index contributed by atoms with van der Waals surface area (Å²) >= 11 is 0. The van der Waals surface area contributed by atoms with Crippen LogP contribution in [0.5, 0.6) is 11.5 Å². The van der Waals surface area contributed by atoms with Gasteiger partial charge in [0.1, 0.15) is 22.8 Å². The Hall–Kier alpha value is -3.34. The molecule has 1 aromatic heterocycles. The summed E-state index contributed by atoms with van der Waals surface area (Å²) in [6.45, 7) is 4.07. The van der Waals surface area contributed by atoms with Gasteiger partial charge in [-0.2, -0.15) is 0 Å². The Labute approximate surface area is 167 Å². The maximum absolute atomic E-state index is 13.2. The number of hydrogen-bond acceptors (Lipinski definition) is 5. The van der Waals surface area contributed by atoms with Crippen molar-refractivity contribution in [1.82, 2.24) is 0 Å². The number of phenolic OH excluding ortho intramolecular Hbond substituents is 1. The number of hydrogen-bond donors (Lipinski definition) is 1. The molecule has 0 saturated heterocycles. The van der Waals surface area contributed by atoms with Crippen molar-refractivity contribution in [3.05, 3.63) is 81.4 Å². The molecule has 1 N–H and O–H groups in total. The third-order valence-electron chi connectivity index (χ3n) is 5.68. The van der Waals surface area contributed by atoms with E-state index in [-0.39, 0.29) is 16.9 Å². The SMILES string of the molecule is CC1(C)CC(=O)C2=C(C1)Oc1c(c(=O)oc3ccccc13)C2c1cccc(O)c1. The van der Waals surface area contributed by atoms with Crippen LogP contribution >= 0.6 is 0 Å². The van der Waals surface area contributed by atoms with Gasteiger partial charge in [0.2, 0.25) is 0 Å². The van der Waals surface area contributed by atoms with Crippen molar-refractivity contribution in [2.75, 3.05) is 0 Å². The van der Waals surface area contributed by atoms with Crippen molar-refractivity contribution in [3.63, 3.8) is 0 Å². The number of para-hydroxylation sites is 1. The van der Waals surface area contributed by atoms with Crippen LogP contribution in [0.4, 0.5) is 0 Å². The summed E-state index contributed by atoms with van der Waals surface area (Å²) in [7, 11) is 0. The second-order valence-electron chi connectivity index (χ2n) is 8.54. The lowest BCUT2D eigenvalue weighted by molar-refractivity contribution is -0.118. The van der Waals surface area contributed by atoms with Gasteiger partial charge in [-0.1, -0.05) is 38.1 Å². The number of ether oxygens (including phenoxy) is 1. The number of phenols is 1. The molecule has 1 aliphatic heterocycles. The van der Waals surface area contributed by atoms with E-state index in [0.717, 1.165) is 0 Å². The monoisotopic (exact) mass is 388 g/mol. The lowest BCUT2D eigenvalue weighted by Gasteiger charge is -2.38. The highest BCUT2D eigenvalue weighted by Gasteiger charge is 2.44. The smallest absolute Gasteiger partial charge is 0.344 e. The second-order valence-corrected chi connectivity index (χ2v) is 8.54. The first-order valence-corrected chi connectivity index (χ1v) is 9.63. The molecular weight excluding hydrogens is 368 g/mol. The molecule has 1 aliphatic carbocycles. The molecule has 0 bridgehead atoms. The fourth-order valence-corrected chi connectivity index (χ4v) is 4.49. The first kappa shape index (κ1) is 17.7. The Balaban J connectivity index is 1.86. The van der Waals surface area contributed by atoms with Gasteiger partial charge in [-0.05, 0) is 35.2 Å². The molecule has 5 rings (SSSR count). The van der Waals surface area contributed by atoms with E-state index in [1.807, 2.05) is 32.0 Å². The van der Waals surface area contributed by atoms with Crippen LogP contribution in [0.25, 0.3) is 11.0 Å². The molecule has 146 valence electrons. The summed E-state index contributed by atoms with van der Waals surface area (Å²) in [5.74, 6) is 0.442. The van der Waals surface area contributed by atoms with Crippen molar-refractivity contribution in [1.29, 1.82) is 0 Å². The summed E-state index contributed by atoms with van der Waals surface area (Å²) in [6, 6.07) is 13.9. The average molecular weight is 388 g/mol. The predicted molar refractivity (Wildman–Crippen MR) is 108 cm³/mol. The van der Waals surface area contributed by atoms with Crippen molar-refractivity contribution >= 4 is 16.8 Å². The summed E-state index contributed by atoms with van der Waals surface area (Å²) < 4.78 is 11.8. The lowest BCUT2D eigenvalue weighted by Crippen LogP contribution is -2.34. The molecule has 0 radical (unpaired) electrons. The molecule has 5 nitrogen and oxygen atoms in total. The molecule has 2 aliphatic rings. The van der Waals surface area contributed by atoms with Gasteiger partial charge in [0.15, 0.2) is 5.78 Å². The fraction of sp³-hybridized carbons (Fsp3) is 0.250. The zero-order valence-electron chi connectivity index (χ0n) is 16.2. The molecule has 5 heteroatoms. The number of benzene rings is 2. The molecule has 29 heavy (non-hydrogen) atoms. The van der Waals surface area contributed by atoms with Crippen molar-refractivity contribution in [3.8, 4) is 11.5 Å². The summed E-state index contributed by atoms with van der Waals surface area (Å²) in [5.41, 5.74) is 1.14. The molecule has 0 fully saturated rings. The van der Waals surface area contributed by atoms with Gasteiger partial charge in [-0.3, -0.25) is 4.79 Å². The number of Topliss-reactive ketones (excluding diaryl/α,β-unsaturated/α-hetero) is 1. The topological polar surface area (TPSA) is 76.7 Å². The molecule has 0 spiro atoms. The minimum absolute atomic E-state index is 0.0391. The molecule has 0 saturated carbocycles. The molecule has 1 unspecified atom stereocenters. The normalized spacial score (nSPS) is 20.2. The van der Waals surface area contributed by atoms with E-state index in [1.165, 1.54) is 0 Å². The van der Waals surface area contributed by atoms with Crippen LogP contribution in [0.15, 0.2) is 69.1 Å². The van der Waals surface area contributed by atoms with Gasteiger partial charge in [0.25, 0.3) is 0 Å². The van der Waals surface area contributed by atoms with E-state index in [9.17, 15) is 14.7 Å². The molecular formula is C24H20O5. The third-order valence-corrected chi connectivity index (χ3v) is 5.68. The van der Waals surface area contributed by atoms with Crippen LogP contribution in [0.3, 0.4) is 0 Å². The van der Waals surface area contributed by atoms with Crippen molar-refractivity contribution in [2.24, 2.45) is 5.41 Å². The summed E-state index contributed by atoms with van der Waals surface area (Å²) in [4.78, 5) is 26.2. The summed E-state index contributed by atoms with van der Waals surface area (Å²) in [5, 5.41) is 10.7. The first-order chi connectivity index (χ1) is 13.8. The van der Waals surface area contributed by atoms with Crippen LogP contribution < -0.4 is 10.4 Å². The molecule has 2 heterocycles. The Bertz CT molecular complexity index is 1260. The number of ketones is 1. The highest BCUT2D eigenvalue weighted by atomic mass is 16.5. The van der Waals surface area contributed by atoms with Crippen LogP contribution in [-0.2, 0) is 4.79 Å². The molecule has 0 amide bonds. The van der Waals surface area contributed by atoms with E-state index in [2.05, 4.69) is 0 Å². The third kappa shape index (κ3) is 2.77. The van der Waals surface area contributed by atoms with E-state index < -0.39 is 11.5 Å². The molecule has 1 atom stereocenters. The standard InChI is InChI=1S/C24H20O5/c1-24(2)11-16(26)20-18(12-24)28-22-15-8-3-4-9-17(15)29-23(27)21(22)19(20)13-6-5-7-14(25)10-13/h3-10,19,25H,11-12H2,1-2H3. The van der Waals surface area contributed by atoms with E-state index in [0.29, 0.717) is 52.0 Å². The maximum atomic E-state index is 13.2. The van der Waals surface area contributed by atoms with E-state index in [1.54, 1.807) is 30.3 Å². The Morgan fingerprint density at radius 1 is 1.03 bits per heavy atom. The van der Waals surface area contributed by atoms with E-state index >= 15 is 0 Å². The minimum Gasteiger partial charge on any atom is -0.508 e. The number of carbonyl (C=O) groups is 1. The lowest BCUT2D eigenvalue weighted by atomic mass is 9.70. The van der Waals surface area contributed by atoms with Gasteiger partial charge in [0.05, 0.1) is 16.9 Å². The number of aromatic hydroxyl groups is 1. The zero-order valence-corrected chi connectivity index (χ0v) is 16.2. The van der Waals surface area contributed by atoms with Gasteiger partial charge in [-0.25, -0.2) is 4.79 Å². The van der Waals surface area contributed by atoms with Gasteiger partial charge in [0, 0.05) is 18.4 Å². The first-order valence-electron chi connectivity index (χ1n) is 9.63. The Morgan fingerprint density at radius 2 is 1.83 bits per heavy atom. The molecule has 2 aromatic carbocycles. The van der Waals surface area contributed by atoms with Gasteiger partial charge in [-0.15, -0.1) is 0 Å².